The molecule has 1 aliphatic rings. The Labute approximate surface area is 115 Å². The Balaban J connectivity index is 2.06. The number of nitrogens with one attached hydrogen (secondary N) is 1. The maximum atomic E-state index is 11.3. The lowest BCUT2D eigenvalue weighted by Crippen LogP contribution is -2.27. The summed E-state index contributed by atoms with van der Waals surface area (Å²) >= 11 is 0. The molecular formula is C14H22N2O2S. The van der Waals surface area contributed by atoms with Crippen LogP contribution in [0, 0.1) is 5.92 Å². The van der Waals surface area contributed by atoms with Crippen molar-refractivity contribution < 1.29 is 8.42 Å². The SMILES string of the molecule is CC(Nc1cccc(S(N)(=O)=O)c1)C1CCCCC1. The topological polar surface area (TPSA) is 72.2 Å². The van der Waals surface area contributed by atoms with Gasteiger partial charge in [-0.3, -0.25) is 0 Å². The monoisotopic (exact) mass is 282 g/mol. The van der Waals surface area contributed by atoms with E-state index in [4.69, 9.17) is 5.14 Å². The Hall–Kier alpha value is -1.07. The first kappa shape index (κ1) is 14.3. The first-order valence-corrected chi connectivity index (χ1v) is 8.41. The van der Waals surface area contributed by atoms with Gasteiger partial charge in [0, 0.05) is 11.7 Å². The lowest BCUT2D eigenvalue weighted by Gasteiger charge is -2.29. The second-order valence-corrected chi connectivity index (χ2v) is 6.97. The highest BCUT2D eigenvalue weighted by Crippen LogP contribution is 2.28. The van der Waals surface area contributed by atoms with Gasteiger partial charge in [-0.1, -0.05) is 25.3 Å². The first-order chi connectivity index (χ1) is 8.97. The third-order valence-electron chi connectivity index (χ3n) is 3.91. The average molecular weight is 282 g/mol. The predicted octanol–water partition coefficient (Wildman–Crippen LogP) is 2.71. The van der Waals surface area contributed by atoms with Crippen molar-refractivity contribution in [2.45, 2.75) is 50.0 Å². The van der Waals surface area contributed by atoms with Gasteiger partial charge >= 0.3 is 0 Å². The van der Waals surface area contributed by atoms with E-state index in [0.29, 0.717) is 12.0 Å². The third-order valence-corrected chi connectivity index (χ3v) is 4.82. The lowest BCUT2D eigenvalue weighted by atomic mass is 9.84. The van der Waals surface area contributed by atoms with E-state index in [2.05, 4.69) is 12.2 Å². The molecule has 5 heteroatoms. The van der Waals surface area contributed by atoms with Crippen LogP contribution in [0.1, 0.15) is 39.0 Å². The van der Waals surface area contributed by atoms with Crippen LogP contribution >= 0.6 is 0 Å². The number of hydrogen-bond acceptors (Lipinski definition) is 3. The third kappa shape index (κ3) is 3.94. The second-order valence-electron chi connectivity index (χ2n) is 5.40. The maximum Gasteiger partial charge on any atom is 0.238 e. The van der Waals surface area contributed by atoms with Crippen LogP contribution in [-0.2, 0) is 10.0 Å². The molecule has 1 unspecified atom stereocenters. The molecule has 1 fully saturated rings. The van der Waals surface area contributed by atoms with Gasteiger partial charge in [0.05, 0.1) is 4.90 Å². The van der Waals surface area contributed by atoms with Crippen LogP contribution < -0.4 is 10.5 Å². The van der Waals surface area contributed by atoms with Gasteiger partial charge in [0.25, 0.3) is 0 Å². The van der Waals surface area contributed by atoms with Gasteiger partial charge < -0.3 is 5.32 Å². The zero-order chi connectivity index (χ0) is 13.9. The standard InChI is InChI=1S/C14H22N2O2S/c1-11(12-6-3-2-4-7-12)16-13-8-5-9-14(10-13)19(15,17)18/h5,8-12,16H,2-4,6-7H2,1H3,(H2,15,17,18). The molecule has 0 amide bonds. The summed E-state index contributed by atoms with van der Waals surface area (Å²) in [5.41, 5.74) is 0.824. The van der Waals surface area contributed by atoms with Crippen LogP contribution in [0.25, 0.3) is 0 Å². The summed E-state index contributed by atoms with van der Waals surface area (Å²) in [5, 5.41) is 8.55. The number of nitrogens with two attached hydrogens (primary N) is 1. The highest BCUT2D eigenvalue weighted by Gasteiger charge is 2.20. The van der Waals surface area contributed by atoms with Gasteiger partial charge in [-0.15, -0.1) is 0 Å². The summed E-state index contributed by atoms with van der Waals surface area (Å²) in [6.07, 6.45) is 6.44. The quantitative estimate of drug-likeness (QED) is 0.892. The van der Waals surface area contributed by atoms with E-state index in [0.717, 1.165) is 5.69 Å². The van der Waals surface area contributed by atoms with E-state index in [9.17, 15) is 8.42 Å². The van der Waals surface area contributed by atoms with Gasteiger partial charge in [-0.05, 0) is 43.9 Å². The van der Waals surface area contributed by atoms with Crippen molar-refractivity contribution in [1.29, 1.82) is 0 Å². The minimum atomic E-state index is -3.63. The molecule has 0 radical (unpaired) electrons. The largest absolute Gasteiger partial charge is 0.382 e. The number of rotatable bonds is 4. The van der Waals surface area contributed by atoms with Gasteiger partial charge in [0.2, 0.25) is 10.0 Å². The number of primary sulfonamides is 1. The zero-order valence-electron chi connectivity index (χ0n) is 11.3. The molecule has 3 N–H and O–H groups in total. The predicted molar refractivity (Wildman–Crippen MR) is 77.5 cm³/mol. The van der Waals surface area contributed by atoms with Crippen molar-refractivity contribution in [3.63, 3.8) is 0 Å². The molecule has 1 aliphatic carbocycles. The molecule has 0 aromatic heterocycles. The summed E-state index contributed by atoms with van der Waals surface area (Å²) in [6.45, 7) is 2.17. The van der Waals surface area contributed by atoms with Crippen molar-refractivity contribution in [2.75, 3.05) is 5.32 Å². The molecule has 0 spiro atoms. The Morgan fingerprint density at radius 1 is 1.26 bits per heavy atom. The summed E-state index contributed by atoms with van der Waals surface area (Å²) in [7, 11) is -3.63. The fourth-order valence-electron chi connectivity index (χ4n) is 2.78. The van der Waals surface area contributed by atoms with Crippen LogP contribution in [0.2, 0.25) is 0 Å². The van der Waals surface area contributed by atoms with Crippen LogP contribution in [0.4, 0.5) is 5.69 Å². The van der Waals surface area contributed by atoms with Crippen molar-refractivity contribution in [3.05, 3.63) is 24.3 Å². The van der Waals surface area contributed by atoms with Crippen LogP contribution in [-0.4, -0.2) is 14.5 Å². The van der Waals surface area contributed by atoms with Crippen molar-refractivity contribution in [3.8, 4) is 0 Å². The van der Waals surface area contributed by atoms with E-state index in [-0.39, 0.29) is 4.90 Å². The summed E-state index contributed by atoms with van der Waals surface area (Å²) in [5.74, 6) is 0.673. The van der Waals surface area contributed by atoms with E-state index in [1.165, 1.54) is 38.2 Å². The fraction of sp³-hybridized carbons (Fsp3) is 0.571. The first-order valence-electron chi connectivity index (χ1n) is 6.86. The highest BCUT2D eigenvalue weighted by molar-refractivity contribution is 7.89. The van der Waals surface area contributed by atoms with Gasteiger partial charge in [-0.25, -0.2) is 13.6 Å². The molecule has 0 bridgehead atoms. The molecule has 0 saturated heterocycles. The van der Waals surface area contributed by atoms with Crippen LogP contribution in [0.5, 0.6) is 0 Å². The van der Waals surface area contributed by atoms with Crippen molar-refractivity contribution >= 4 is 15.7 Å². The minimum absolute atomic E-state index is 0.161. The van der Waals surface area contributed by atoms with Crippen LogP contribution in [0.3, 0.4) is 0 Å². The molecule has 1 aromatic carbocycles. The molecule has 1 aromatic rings. The smallest absolute Gasteiger partial charge is 0.238 e. The van der Waals surface area contributed by atoms with Crippen molar-refractivity contribution in [2.24, 2.45) is 11.1 Å². The molecule has 1 saturated carbocycles. The molecular weight excluding hydrogens is 260 g/mol. The number of sulfonamides is 1. The minimum Gasteiger partial charge on any atom is -0.382 e. The second kappa shape index (κ2) is 5.92. The number of anilines is 1. The van der Waals surface area contributed by atoms with E-state index >= 15 is 0 Å². The summed E-state index contributed by atoms with van der Waals surface area (Å²) in [6, 6.07) is 7.08. The Bertz CT molecular complexity index is 522. The fourth-order valence-corrected chi connectivity index (χ4v) is 3.34. The summed E-state index contributed by atoms with van der Waals surface area (Å²) in [4.78, 5) is 0.161. The summed E-state index contributed by atoms with van der Waals surface area (Å²) < 4.78 is 22.6. The molecule has 19 heavy (non-hydrogen) atoms. The van der Waals surface area contributed by atoms with E-state index < -0.39 is 10.0 Å². The van der Waals surface area contributed by atoms with E-state index in [1.807, 2.05) is 6.07 Å². The van der Waals surface area contributed by atoms with Gasteiger partial charge in [0.15, 0.2) is 0 Å². The Kier molecular flexibility index (Phi) is 4.47. The molecule has 106 valence electrons. The highest BCUT2D eigenvalue weighted by atomic mass is 32.2. The van der Waals surface area contributed by atoms with E-state index in [1.54, 1.807) is 12.1 Å². The molecule has 2 rings (SSSR count). The zero-order valence-corrected chi connectivity index (χ0v) is 12.1. The normalized spacial score (nSPS) is 19.1. The van der Waals surface area contributed by atoms with Gasteiger partial charge in [0.1, 0.15) is 0 Å². The number of hydrogen-bond donors (Lipinski definition) is 2. The van der Waals surface area contributed by atoms with Crippen LogP contribution in [0.15, 0.2) is 29.2 Å². The Morgan fingerprint density at radius 3 is 2.58 bits per heavy atom. The number of benzene rings is 1. The molecule has 0 aliphatic heterocycles. The Morgan fingerprint density at radius 2 is 1.95 bits per heavy atom. The van der Waals surface area contributed by atoms with Gasteiger partial charge in [-0.2, -0.15) is 0 Å². The molecule has 4 nitrogen and oxygen atoms in total. The average Bonchev–Trinajstić information content (AvgIpc) is 2.39. The maximum absolute atomic E-state index is 11.3. The van der Waals surface area contributed by atoms with Crippen molar-refractivity contribution in [1.82, 2.24) is 0 Å². The molecule has 0 heterocycles. The molecule has 1 atom stereocenters. The lowest BCUT2D eigenvalue weighted by molar-refractivity contribution is 0.328.